The van der Waals surface area contributed by atoms with Gasteiger partial charge in [-0.1, -0.05) is 24.3 Å². The minimum atomic E-state index is 0.383. The summed E-state index contributed by atoms with van der Waals surface area (Å²) in [5.41, 5.74) is 7.86. The third kappa shape index (κ3) is 5.54. The summed E-state index contributed by atoms with van der Waals surface area (Å²) in [6.07, 6.45) is 0.800. The highest BCUT2D eigenvalue weighted by Crippen LogP contribution is 2.17. The van der Waals surface area contributed by atoms with Gasteiger partial charge in [0.25, 0.3) is 0 Å². The van der Waals surface area contributed by atoms with Gasteiger partial charge in [-0.25, -0.2) is 0 Å². The van der Waals surface area contributed by atoms with E-state index < -0.39 is 0 Å². The summed E-state index contributed by atoms with van der Waals surface area (Å²) >= 11 is 0. The van der Waals surface area contributed by atoms with Gasteiger partial charge in [0.1, 0.15) is 11.5 Å². The van der Waals surface area contributed by atoms with E-state index in [0.29, 0.717) is 19.1 Å². The molecule has 0 aliphatic rings. The predicted octanol–water partition coefficient (Wildman–Crippen LogP) is 3.20. The van der Waals surface area contributed by atoms with Crippen molar-refractivity contribution in [1.29, 1.82) is 0 Å². The van der Waals surface area contributed by atoms with Gasteiger partial charge < -0.3 is 20.5 Å². The molecule has 0 aromatic heterocycles. The molecule has 5 heteroatoms. The zero-order valence-corrected chi connectivity index (χ0v) is 13.6. The first-order chi connectivity index (χ1) is 11.2. The predicted molar refractivity (Wildman–Crippen MR) is 94.4 cm³/mol. The molecule has 0 saturated heterocycles. The molecule has 23 heavy (non-hydrogen) atoms. The van der Waals surface area contributed by atoms with Crippen molar-refractivity contribution in [1.82, 2.24) is 0 Å². The van der Waals surface area contributed by atoms with Crippen molar-refractivity contribution in [2.45, 2.75) is 13.3 Å². The first kappa shape index (κ1) is 16.7. The Labute approximate surface area is 137 Å². The molecule has 0 saturated carbocycles. The Hall–Kier alpha value is -2.69. The van der Waals surface area contributed by atoms with Crippen LogP contribution >= 0.6 is 0 Å². The minimum Gasteiger partial charge on any atom is -0.497 e. The Kier molecular flexibility index (Phi) is 6.29. The second-order valence-corrected chi connectivity index (χ2v) is 5.09. The minimum absolute atomic E-state index is 0.383. The Morgan fingerprint density at radius 3 is 2.78 bits per heavy atom. The van der Waals surface area contributed by atoms with Crippen molar-refractivity contribution >= 4 is 11.6 Å². The van der Waals surface area contributed by atoms with E-state index in [2.05, 4.69) is 10.3 Å². The van der Waals surface area contributed by atoms with Gasteiger partial charge in [-0.3, -0.25) is 4.99 Å². The van der Waals surface area contributed by atoms with E-state index in [4.69, 9.17) is 15.2 Å². The lowest BCUT2D eigenvalue weighted by Gasteiger charge is -2.09. The smallest absolute Gasteiger partial charge is 0.193 e. The van der Waals surface area contributed by atoms with Crippen molar-refractivity contribution in [3.63, 3.8) is 0 Å². The van der Waals surface area contributed by atoms with E-state index in [-0.39, 0.29) is 0 Å². The van der Waals surface area contributed by atoms with Crippen molar-refractivity contribution in [3.8, 4) is 11.5 Å². The zero-order valence-electron chi connectivity index (χ0n) is 13.6. The van der Waals surface area contributed by atoms with Crippen molar-refractivity contribution in [3.05, 3.63) is 54.1 Å². The molecule has 2 rings (SSSR count). The molecular weight excluding hydrogens is 290 g/mol. The number of hydrogen-bond donors (Lipinski definition) is 2. The number of guanidine groups is 1. The highest BCUT2D eigenvalue weighted by atomic mass is 16.5. The Balaban J connectivity index is 1.73. The van der Waals surface area contributed by atoms with Crippen LogP contribution < -0.4 is 20.5 Å². The molecule has 2 aromatic carbocycles. The molecule has 0 aliphatic carbocycles. The Morgan fingerprint density at radius 2 is 2.00 bits per heavy atom. The quantitative estimate of drug-likeness (QED) is 0.468. The molecule has 5 nitrogen and oxygen atoms in total. The standard InChI is InChI=1S/C18H23N3O2/c1-14-7-3-4-10-17(14)23-12-6-11-20-18(19)21-15-8-5-9-16(13-15)22-2/h3-5,7-10,13H,6,11-12H2,1-2H3,(H3,19,20,21). The van der Waals surface area contributed by atoms with Crippen LogP contribution in [0.1, 0.15) is 12.0 Å². The molecule has 0 spiro atoms. The van der Waals surface area contributed by atoms with Crippen molar-refractivity contribution in [2.75, 3.05) is 25.6 Å². The van der Waals surface area contributed by atoms with E-state index in [1.165, 1.54) is 0 Å². The molecule has 122 valence electrons. The molecule has 0 amide bonds. The summed E-state index contributed by atoms with van der Waals surface area (Å²) in [5.74, 6) is 2.07. The molecule has 2 aromatic rings. The number of aliphatic imine (C=N–C) groups is 1. The van der Waals surface area contributed by atoms with Crippen LogP contribution in [0.4, 0.5) is 5.69 Å². The fourth-order valence-corrected chi connectivity index (χ4v) is 2.05. The zero-order chi connectivity index (χ0) is 16.5. The van der Waals surface area contributed by atoms with Crippen LogP contribution in [0.25, 0.3) is 0 Å². The second kappa shape index (κ2) is 8.68. The fraction of sp³-hybridized carbons (Fsp3) is 0.278. The van der Waals surface area contributed by atoms with Crippen LogP contribution in [0.2, 0.25) is 0 Å². The van der Waals surface area contributed by atoms with E-state index in [9.17, 15) is 0 Å². The number of ether oxygens (including phenoxy) is 2. The van der Waals surface area contributed by atoms with Crippen LogP contribution in [0.3, 0.4) is 0 Å². The average Bonchev–Trinajstić information content (AvgIpc) is 2.56. The molecule has 0 atom stereocenters. The lowest BCUT2D eigenvalue weighted by atomic mass is 10.2. The van der Waals surface area contributed by atoms with E-state index in [1.54, 1.807) is 7.11 Å². The number of nitrogens with one attached hydrogen (secondary N) is 1. The molecule has 3 N–H and O–H groups in total. The molecule has 0 fully saturated rings. The monoisotopic (exact) mass is 313 g/mol. The molecule has 0 radical (unpaired) electrons. The third-order valence-electron chi connectivity index (χ3n) is 3.28. The maximum absolute atomic E-state index is 5.87. The van der Waals surface area contributed by atoms with E-state index in [0.717, 1.165) is 29.2 Å². The number of anilines is 1. The number of aryl methyl sites for hydroxylation is 1. The molecule has 0 bridgehead atoms. The molecular formula is C18H23N3O2. The summed E-state index contributed by atoms with van der Waals surface area (Å²) in [6.45, 7) is 3.25. The number of methoxy groups -OCH3 is 1. The third-order valence-corrected chi connectivity index (χ3v) is 3.28. The number of para-hydroxylation sites is 1. The van der Waals surface area contributed by atoms with Gasteiger partial charge in [0.05, 0.1) is 13.7 Å². The van der Waals surface area contributed by atoms with Gasteiger partial charge in [0, 0.05) is 24.7 Å². The van der Waals surface area contributed by atoms with Crippen LogP contribution in [-0.2, 0) is 0 Å². The fourth-order valence-electron chi connectivity index (χ4n) is 2.05. The largest absolute Gasteiger partial charge is 0.497 e. The van der Waals surface area contributed by atoms with Crippen LogP contribution in [0, 0.1) is 6.92 Å². The van der Waals surface area contributed by atoms with Crippen LogP contribution in [-0.4, -0.2) is 26.2 Å². The highest BCUT2D eigenvalue weighted by molar-refractivity contribution is 5.92. The van der Waals surface area contributed by atoms with Gasteiger partial charge >= 0.3 is 0 Å². The summed E-state index contributed by atoms with van der Waals surface area (Å²) in [7, 11) is 1.63. The van der Waals surface area contributed by atoms with Gasteiger partial charge in [-0.15, -0.1) is 0 Å². The SMILES string of the molecule is COc1cccc(NC(N)=NCCCOc2ccccc2C)c1. The molecule has 0 heterocycles. The summed E-state index contributed by atoms with van der Waals surface area (Å²) in [5, 5.41) is 3.04. The molecule has 0 unspecified atom stereocenters. The number of hydrogen-bond acceptors (Lipinski definition) is 3. The Morgan fingerprint density at radius 1 is 1.17 bits per heavy atom. The normalized spacial score (nSPS) is 11.1. The first-order valence-electron chi connectivity index (χ1n) is 7.58. The number of nitrogens with two attached hydrogens (primary N) is 1. The van der Waals surface area contributed by atoms with Gasteiger partial charge in [-0.05, 0) is 30.7 Å². The summed E-state index contributed by atoms with van der Waals surface area (Å²) in [6, 6.07) is 15.5. The maximum Gasteiger partial charge on any atom is 0.193 e. The second-order valence-electron chi connectivity index (χ2n) is 5.09. The van der Waals surface area contributed by atoms with Gasteiger partial charge in [0.15, 0.2) is 5.96 Å². The molecule has 0 aliphatic heterocycles. The number of benzene rings is 2. The van der Waals surface area contributed by atoms with Crippen LogP contribution in [0.5, 0.6) is 11.5 Å². The van der Waals surface area contributed by atoms with Crippen molar-refractivity contribution < 1.29 is 9.47 Å². The van der Waals surface area contributed by atoms with E-state index >= 15 is 0 Å². The average molecular weight is 313 g/mol. The number of nitrogens with zero attached hydrogens (tertiary/aromatic N) is 1. The van der Waals surface area contributed by atoms with Crippen LogP contribution in [0.15, 0.2) is 53.5 Å². The number of rotatable bonds is 7. The van der Waals surface area contributed by atoms with Gasteiger partial charge in [-0.2, -0.15) is 0 Å². The summed E-state index contributed by atoms with van der Waals surface area (Å²) in [4.78, 5) is 4.29. The lowest BCUT2D eigenvalue weighted by Crippen LogP contribution is -2.23. The topological polar surface area (TPSA) is 68.9 Å². The van der Waals surface area contributed by atoms with Gasteiger partial charge in [0.2, 0.25) is 0 Å². The Bertz CT molecular complexity index is 656. The summed E-state index contributed by atoms with van der Waals surface area (Å²) < 4.78 is 10.9. The van der Waals surface area contributed by atoms with Crippen molar-refractivity contribution in [2.24, 2.45) is 10.7 Å². The lowest BCUT2D eigenvalue weighted by molar-refractivity contribution is 0.311. The van der Waals surface area contributed by atoms with E-state index in [1.807, 2.05) is 55.5 Å². The highest BCUT2D eigenvalue weighted by Gasteiger charge is 1.99. The maximum atomic E-state index is 5.87. The first-order valence-corrected chi connectivity index (χ1v) is 7.58.